The number of carbonyl (C=O) groups excluding carboxylic acids is 3. The van der Waals surface area contributed by atoms with E-state index in [0.29, 0.717) is 0 Å². The molecule has 1 aliphatic rings. The Kier molecular flexibility index (Phi) is 3.94. The summed E-state index contributed by atoms with van der Waals surface area (Å²) in [5, 5.41) is 0. The van der Waals surface area contributed by atoms with Crippen LogP contribution in [0.5, 0.6) is 0 Å². The van der Waals surface area contributed by atoms with Crippen LogP contribution in [0, 0.1) is 11.3 Å². The smallest absolute Gasteiger partial charge is 0.273 e. The molecular weight excluding hydrogens is 232 g/mol. The van der Waals surface area contributed by atoms with Crippen molar-refractivity contribution in [2.45, 2.75) is 26.7 Å². The number of hydrogen-bond acceptors (Lipinski definition) is 3. The molecular formula is C13H20N2O3. The first-order chi connectivity index (χ1) is 8.34. The third-order valence-corrected chi connectivity index (χ3v) is 3.71. The molecule has 100 valence electrons. The van der Waals surface area contributed by atoms with Gasteiger partial charge in [-0.1, -0.05) is 26.3 Å². The molecule has 0 radical (unpaired) electrons. The minimum atomic E-state index is -1.31. The van der Waals surface area contributed by atoms with Crippen LogP contribution in [0.1, 0.15) is 26.7 Å². The van der Waals surface area contributed by atoms with E-state index in [4.69, 9.17) is 0 Å². The number of rotatable bonds is 4. The molecule has 0 spiro atoms. The average Bonchev–Trinajstić information content (AvgIpc) is 2.36. The van der Waals surface area contributed by atoms with E-state index in [2.05, 4.69) is 6.58 Å². The van der Waals surface area contributed by atoms with Crippen LogP contribution in [-0.4, -0.2) is 41.7 Å². The fourth-order valence-corrected chi connectivity index (χ4v) is 2.50. The SMILES string of the molecule is C=CC1(C(C)CCC)C(=O)N(C)C(=O)N(C)C1=O. The van der Waals surface area contributed by atoms with Gasteiger partial charge in [0.1, 0.15) is 5.41 Å². The maximum Gasteiger partial charge on any atom is 0.332 e. The third kappa shape index (κ3) is 1.74. The molecule has 1 fully saturated rings. The Bertz CT molecular complexity index is 379. The van der Waals surface area contributed by atoms with Crippen molar-refractivity contribution in [2.75, 3.05) is 14.1 Å². The number of urea groups is 1. The summed E-state index contributed by atoms with van der Waals surface area (Å²) in [6.45, 7) is 7.48. The molecule has 0 aromatic rings. The van der Waals surface area contributed by atoms with Crippen LogP contribution in [0.2, 0.25) is 0 Å². The average molecular weight is 252 g/mol. The lowest BCUT2D eigenvalue weighted by Gasteiger charge is -2.43. The van der Waals surface area contributed by atoms with Gasteiger partial charge >= 0.3 is 6.03 Å². The Labute approximate surface area is 107 Å². The van der Waals surface area contributed by atoms with Crippen LogP contribution in [0.25, 0.3) is 0 Å². The summed E-state index contributed by atoms with van der Waals surface area (Å²) in [7, 11) is 2.79. The topological polar surface area (TPSA) is 57.7 Å². The van der Waals surface area contributed by atoms with Crippen molar-refractivity contribution in [1.82, 2.24) is 9.80 Å². The predicted molar refractivity (Wildman–Crippen MR) is 67.6 cm³/mol. The molecule has 0 saturated carbocycles. The fraction of sp³-hybridized carbons (Fsp3) is 0.615. The van der Waals surface area contributed by atoms with Crippen LogP contribution in [0.3, 0.4) is 0 Å². The lowest BCUT2D eigenvalue weighted by Crippen LogP contribution is -2.64. The van der Waals surface area contributed by atoms with Gasteiger partial charge < -0.3 is 0 Å². The molecule has 1 saturated heterocycles. The summed E-state index contributed by atoms with van der Waals surface area (Å²) >= 11 is 0. The largest absolute Gasteiger partial charge is 0.332 e. The summed E-state index contributed by atoms with van der Waals surface area (Å²) in [6, 6.07) is -0.592. The molecule has 0 aromatic heterocycles. The van der Waals surface area contributed by atoms with Crippen molar-refractivity contribution < 1.29 is 14.4 Å². The monoisotopic (exact) mass is 252 g/mol. The van der Waals surface area contributed by atoms with Gasteiger partial charge in [-0.15, -0.1) is 6.58 Å². The molecule has 1 atom stereocenters. The van der Waals surface area contributed by atoms with E-state index in [1.165, 1.54) is 20.2 Å². The molecule has 4 amide bonds. The van der Waals surface area contributed by atoms with Gasteiger partial charge in [-0.3, -0.25) is 19.4 Å². The van der Waals surface area contributed by atoms with Crippen LogP contribution < -0.4 is 0 Å². The lowest BCUT2D eigenvalue weighted by molar-refractivity contribution is -0.156. The first kappa shape index (κ1) is 14.4. The zero-order chi connectivity index (χ0) is 14.1. The number of barbiturate groups is 1. The molecule has 1 unspecified atom stereocenters. The zero-order valence-corrected chi connectivity index (χ0v) is 11.4. The zero-order valence-electron chi connectivity index (χ0n) is 11.4. The van der Waals surface area contributed by atoms with Gasteiger partial charge in [-0.2, -0.15) is 0 Å². The molecule has 0 aromatic carbocycles. The van der Waals surface area contributed by atoms with Crippen molar-refractivity contribution in [2.24, 2.45) is 11.3 Å². The molecule has 1 aliphatic heterocycles. The third-order valence-electron chi connectivity index (χ3n) is 3.71. The summed E-state index contributed by atoms with van der Waals surface area (Å²) in [6.07, 6.45) is 2.97. The van der Waals surface area contributed by atoms with Crippen LogP contribution in [0.15, 0.2) is 12.7 Å². The normalized spacial score (nSPS) is 21.2. The van der Waals surface area contributed by atoms with Crippen molar-refractivity contribution in [3.8, 4) is 0 Å². The second-order valence-electron chi connectivity index (χ2n) is 4.77. The summed E-state index contributed by atoms with van der Waals surface area (Å²) < 4.78 is 0. The Hall–Kier alpha value is -1.65. The molecule has 18 heavy (non-hydrogen) atoms. The number of amides is 4. The Balaban J connectivity index is 3.31. The number of carbonyl (C=O) groups is 3. The maximum absolute atomic E-state index is 12.3. The van der Waals surface area contributed by atoms with Gasteiger partial charge in [0.15, 0.2) is 0 Å². The van der Waals surface area contributed by atoms with E-state index < -0.39 is 23.3 Å². The first-order valence-electron chi connectivity index (χ1n) is 6.08. The van der Waals surface area contributed by atoms with Gasteiger partial charge in [0, 0.05) is 14.1 Å². The molecule has 5 heteroatoms. The Morgan fingerprint density at radius 1 is 1.22 bits per heavy atom. The number of nitrogens with zero attached hydrogens (tertiary/aromatic N) is 2. The number of hydrogen-bond donors (Lipinski definition) is 0. The highest BCUT2D eigenvalue weighted by Gasteiger charge is 2.56. The molecule has 0 bridgehead atoms. The molecule has 1 rings (SSSR count). The second-order valence-corrected chi connectivity index (χ2v) is 4.77. The lowest BCUT2D eigenvalue weighted by atomic mass is 9.71. The van der Waals surface area contributed by atoms with E-state index in [-0.39, 0.29) is 5.92 Å². The predicted octanol–water partition coefficient (Wildman–Crippen LogP) is 1.65. The van der Waals surface area contributed by atoms with Crippen molar-refractivity contribution in [3.05, 3.63) is 12.7 Å². The van der Waals surface area contributed by atoms with E-state index >= 15 is 0 Å². The maximum atomic E-state index is 12.3. The molecule has 0 N–H and O–H groups in total. The minimum Gasteiger partial charge on any atom is -0.273 e. The highest BCUT2D eigenvalue weighted by Crippen LogP contribution is 2.39. The summed E-state index contributed by atoms with van der Waals surface area (Å²) in [5.41, 5.74) is -1.31. The highest BCUT2D eigenvalue weighted by molar-refractivity contribution is 6.20. The van der Waals surface area contributed by atoms with Crippen molar-refractivity contribution in [3.63, 3.8) is 0 Å². The van der Waals surface area contributed by atoms with Crippen LogP contribution in [0.4, 0.5) is 4.79 Å². The van der Waals surface area contributed by atoms with Crippen molar-refractivity contribution >= 4 is 17.8 Å². The van der Waals surface area contributed by atoms with Crippen LogP contribution in [-0.2, 0) is 9.59 Å². The molecule has 5 nitrogen and oxygen atoms in total. The van der Waals surface area contributed by atoms with E-state index in [1.807, 2.05) is 13.8 Å². The fourth-order valence-electron chi connectivity index (χ4n) is 2.50. The van der Waals surface area contributed by atoms with Gasteiger partial charge in [0.05, 0.1) is 0 Å². The second kappa shape index (κ2) is 4.92. The Morgan fingerprint density at radius 3 is 2.00 bits per heavy atom. The van der Waals surface area contributed by atoms with Gasteiger partial charge in [0.2, 0.25) is 11.8 Å². The standard InChI is InChI=1S/C13H20N2O3/c1-6-8-9(3)13(7-2)10(16)14(4)12(18)15(5)11(13)17/h7,9H,2,6,8H2,1,3-5H3. The summed E-state index contributed by atoms with van der Waals surface area (Å²) in [4.78, 5) is 38.4. The van der Waals surface area contributed by atoms with Gasteiger partial charge in [0.25, 0.3) is 0 Å². The van der Waals surface area contributed by atoms with Crippen molar-refractivity contribution in [1.29, 1.82) is 0 Å². The van der Waals surface area contributed by atoms with Gasteiger partial charge in [-0.05, 0) is 12.3 Å². The minimum absolute atomic E-state index is 0.182. The van der Waals surface area contributed by atoms with E-state index in [9.17, 15) is 14.4 Å². The van der Waals surface area contributed by atoms with Gasteiger partial charge in [-0.25, -0.2) is 4.79 Å². The molecule has 1 heterocycles. The first-order valence-corrected chi connectivity index (χ1v) is 6.08. The Morgan fingerprint density at radius 2 is 1.67 bits per heavy atom. The van der Waals surface area contributed by atoms with Crippen LogP contribution >= 0.6 is 0 Å². The van der Waals surface area contributed by atoms with E-state index in [0.717, 1.165) is 22.6 Å². The quantitative estimate of drug-likeness (QED) is 0.564. The highest BCUT2D eigenvalue weighted by atomic mass is 16.2. The number of imide groups is 2. The summed E-state index contributed by atoms with van der Waals surface area (Å²) in [5.74, 6) is -1.14. The van der Waals surface area contributed by atoms with E-state index in [1.54, 1.807) is 0 Å². The molecule has 0 aliphatic carbocycles.